The van der Waals surface area contributed by atoms with Gasteiger partial charge in [0.15, 0.2) is 17.3 Å². The van der Waals surface area contributed by atoms with Crippen LogP contribution < -0.4 is 19.5 Å². The Bertz CT molecular complexity index is 950. The third-order valence-corrected chi connectivity index (χ3v) is 4.43. The first kappa shape index (κ1) is 17.4. The lowest BCUT2D eigenvalue weighted by Gasteiger charge is -2.16. The van der Waals surface area contributed by atoms with Gasteiger partial charge in [-0.3, -0.25) is 5.10 Å². The Hall–Kier alpha value is -3.00. The number of anilines is 2. The molecule has 2 aromatic heterocycles. The summed E-state index contributed by atoms with van der Waals surface area (Å²) in [7, 11) is 3.22. The number of fused-ring (bicyclic) bond motifs is 1. The highest BCUT2D eigenvalue weighted by atomic mass is 16.5. The number of nitrogens with one attached hydrogen (secondary N) is 2. The zero-order chi connectivity index (χ0) is 18.8. The van der Waals surface area contributed by atoms with Gasteiger partial charge in [0, 0.05) is 23.6 Å². The van der Waals surface area contributed by atoms with Crippen LogP contribution >= 0.6 is 0 Å². The van der Waals surface area contributed by atoms with Gasteiger partial charge in [-0.2, -0.15) is 10.1 Å². The Balaban J connectivity index is 1.78. The number of methoxy groups -OCH3 is 2. The smallest absolute Gasteiger partial charge is 0.223 e. The van der Waals surface area contributed by atoms with Crippen molar-refractivity contribution in [2.24, 2.45) is 0 Å². The van der Waals surface area contributed by atoms with E-state index in [1.54, 1.807) is 14.2 Å². The van der Waals surface area contributed by atoms with Crippen LogP contribution in [0.3, 0.4) is 0 Å². The largest absolute Gasteiger partial charge is 0.493 e. The fourth-order valence-corrected chi connectivity index (χ4v) is 3.08. The SMILES string of the molecule is COc1cc2cc(Nc3cc(C)[nH]n3)nc(OC3CCOC3)c2cc1OC. The Labute approximate surface area is 156 Å². The maximum absolute atomic E-state index is 6.14. The lowest BCUT2D eigenvalue weighted by molar-refractivity contribution is 0.139. The van der Waals surface area contributed by atoms with E-state index in [-0.39, 0.29) is 6.10 Å². The summed E-state index contributed by atoms with van der Waals surface area (Å²) in [4.78, 5) is 4.66. The summed E-state index contributed by atoms with van der Waals surface area (Å²) >= 11 is 0. The Morgan fingerprint density at radius 1 is 1.11 bits per heavy atom. The molecule has 0 amide bonds. The first-order valence-electron chi connectivity index (χ1n) is 8.76. The third kappa shape index (κ3) is 3.61. The zero-order valence-corrected chi connectivity index (χ0v) is 15.5. The van der Waals surface area contributed by atoms with Crippen molar-refractivity contribution in [2.45, 2.75) is 19.4 Å². The van der Waals surface area contributed by atoms with Gasteiger partial charge >= 0.3 is 0 Å². The molecule has 3 aromatic rings. The fraction of sp³-hybridized carbons (Fsp3) is 0.368. The summed E-state index contributed by atoms with van der Waals surface area (Å²) in [6.07, 6.45) is 0.823. The van der Waals surface area contributed by atoms with Crippen molar-refractivity contribution in [3.05, 3.63) is 30.0 Å². The van der Waals surface area contributed by atoms with Crippen molar-refractivity contribution >= 4 is 22.4 Å². The molecule has 1 aromatic carbocycles. The molecule has 142 valence electrons. The molecule has 27 heavy (non-hydrogen) atoms. The quantitative estimate of drug-likeness (QED) is 0.688. The molecule has 4 rings (SSSR count). The topological polar surface area (TPSA) is 90.5 Å². The van der Waals surface area contributed by atoms with Crippen molar-refractivity contribution in [3.63, 3.8) is 0 Å². The van der Waals surface area contributed by atoms with Crippen molar-refractivity contribution in [1.82, 2.24) is 15.2 Å². The molecule has 1 unspecified atom stereocenters. The average Bonchev–Trinajstić information content (AvgIpc) is 3.32. The number of ether oxygens (including phenoxy) is 4. The number of aromatic nitrogens is 3. The number of benzene rings is 1. The molecule has 1 atom stereocenters. The van der Waals surface area contributed by atoms with Gasteiger partial charge < -0.3 is 24.3 Å². The lowest BCUT2D eigenvalue weighted by Crippen LogP contribution is -2.17. The molecule has 0 radical (unpaired) electrons. The maximum atomic E-state index is 6.14. The minimum absolute atomic E-state index is 0.0170. The predicted molar refractivity (Wildman–Crippen MR) is 101 cm³/mol. The Morgan fingerprint density at radius 3 is 2.59 bits per heavy atom. The number of H-pyrrole nitrogens is 1. The minimum atomic E-state index is -0.0170. The molecule has 8 heteroatoms. The minimum Gasteiger partial charge on any atom is -0.493 e. The van der Waals surface area contributed by atoms with Crippen LogP contribution in [0.15, 0.2) is 24.3 Å². The van der Waals surface area contributed by atoms with Crippen molar-refractivity contribution in [3.8, 4) is 17.4 Å². The molecule has 1 saturated heterocycles. The number of pyridine rings is 1. The highest BCUT2D eigenvalue weighted by molar-refractivity contribution is 5.92. The monoisotopic (exact) mass is 370 g/mol. The molecule has 1 aliphatic heterocycles. The van der Waals surface area contributed by atoms with Gasteiger partial charge in [-0.1, -0.05) is 0 Å². The average molecular weight is 370 g/mol. The van der Waals surface area contributed by atoms with Crippen LogP contribution in [0.2, 0.25) is 0 Å². The molecule has 2 N–H and O–H groups in total. The van der Waals surface area contributed by atoms with Crippen LogP contribution in [-0.2, 0) is 4.74 Å². The molecular formula is C19H22N4O4. The summed E-state index contributed by atoms with van der Waals surface area (Å²) in [6.45, 7) is 3.20. The van der Waals surface area contributed by atoms with E-state index in [1.807, 2.05) is 31.2 Å². The molecule has 1 aliphatic rings. The van der Waals surface area contributed by atoms with E-state index >= 15 is 0 Å². The van der Waals surface area contributed by atoms with E-state index in [0.717, 1.165) is 22.9 Å². The van der Waals surface area contributed by atoms with Crippen molar-refractivity contribution in [2.75, 3.05) is 32.8 Å². The van der Waals surface area contributed by atoms with E-state index in [4.69, 9.17) is 18.9 Å². The normalized spacial score (nSPS) is 16.5. The summed E-state index contributed by atoms with van der Waals surface area (Å²) in [5, 5.41) is 12.1. The highest BCUT2D eigenvalue weighted by Crippen LogP contribution is 2.37. The first-order chi connectivity index (χ1) is 13.2. The van der Waals surface area contributed by atoms with Gasteiger partial charge in [0.25, 0.3) is 0 Å². The fourth-order valence-electron chi connectivity index (χ4n) is 3.08. The summed E-state index contributed by atoms with van der Waals surface area (Å²) in [5.74, 6) is 3.12. The molecule has 0 spiro atoms. The van der Waals surface area contributed by atoms with Crippen molar-refractivity contribution < 1.29 is 18.9 Å². The maximum Gasteiger partial charge on any atom is 0.223 e. The summed E-state index contributed by atoms with van der Waals surface area (Å²) in [5.41, 5.74) is 0.962. The van der Waals surface area contributed by atoms with E-state index < -0.39 is 0 Å². The number of aromatic amines is 1. The van der Waals surface area contributed by atoms with E-state index in [9.17, 15) is 0 Å². The van der Waals surface area contributed by atoms with Crippen LogP contribution in [0.4, 0.5) is 11.6 Å². The van der Waals surface area contributed by atoms with Crippen LogP contribution in [0.5, 0.6) is 17.4 Å². The van der Waals surface area contributed by atoms with Crippen LogP contribution in [0.1, 0.15) is 12.1 Å². The lowest BCUT2D eigenvalue weighted by atomic mass is 10.1. The molecule has 1 fully saturated rings. The Morgan fingerprint density at radius 2 is 1.93 bits per heavy atom. The Kier molecular flexibility index (Phi) is 4.72. The van der Waals surface area contributed by atoms with Gasteiger partial charge in [-0.05, 0) is 30.5 Å². The second-order valence-corrected chi connectivity index (χ2v) is 6.41. The van der Waals surface area contributed by atoms with Gasteiger partial charge in [-0.15, -0.1) is 0 Å². The van der Waals surface area contributed by atoms with Crippen LogP contribution in [0, 0.1) is 6.92 Å². The second-order valence-electron chi connectivity index (χ2n) is 6.41. The number of hydrogen-bond donors (Lipinski definition) is 2. The van der Waals surface area contributed by atoms with Crippen LogP contribution in [-0.4, -0.2) is 48.7 Å². The standard InChI is InChI=1S/C19H22N4O4/c1-11-6-18(23-22-11)20-17-8-12-7-15(24-2)16(25-3)9-14(12)19(21-17)27-13-4-5-26-10-13/h6-9,13H,4-5,10H2,1-3H3,(H2,20,21,22,23). The third-order valence-electron chi connectivity index (χ3n) is 4.43. The van der Waals surface area contributed by atoms with Gasteiger partial charge in [0.05, 0.1) is 27.4 Å². The van der Waals surface area contributed by atoms with E-state index in [1.165, 1.54) is 0 Å². The number of aryl methyl sites for hydroxylation is 1. The summed E-state index contributed by atoms with van der Waals surface area (Å²) in [6, 6.07) is 7.63. The summed E-state index contributed by atoms with van der Waals surface area (Å²) < 4.78 is 22.4. The molecule has 0 saturated carbocycles. The van der Waals surface area contributed by atoms with Crippen molar-refractivity contribution in [1.29, 1.82) is 0 Å². The van der Waals surface area contributed by atoms with E-state index in [2.05, 4.69) is 20.5 Å². The van der Waals surface area contributed by atoms with Gasteiger partial charge in [0.1, 0.15) is 11.9 Å². The molecule has 0 aliphatic carbocycles. The van der Waals surface area contributed by atoms with Gasteiger partial charge in [-0.25, -0.2) is 0 Å². The number of rotatable bonds is 6. The van der Waals surface area contributed by atoms with E-state index in [0.29, 0.717) is 42.2 Å². The second kappa shape index (κ2) is 7.32. The first-order valence-corrected chi connectivity index (χ1v) is 8.76. The highest BCUT2D eigenvalue weighted by Gasteiger charge is 2.21. The molecule has 0 bridgehead atoms. The zero-order valence-electron chi connectivity index (χ0n) is 15.5. The molecule has 3 heterocycles. The number of hydrogen-bond acceptors (Lipinski definition) is 7. The molecule has 8 nitrogen and oxygen atoms in total. The number of nitrogens with zero attached hydrogens (tertiary/aromatic N) is 2. The van der Waals surface area contributed by atoms with Gasteiger partial charge in [0.2, 0.25) is 5.88 Å². The predicted octanol–water partition coefficient (Wildman–Crippen LogP) is 3.19. The molecular weight excluding hydrogens is 348 g/mol. The van der Waals surface area contributed by atoms with Crippen LogP contribution in [0.25, 0.3) is 10.8 Å².